The van der Waals surface area contributed by atoms with E-state index in [0.717, 1.165) is 36.3 Å². The lowest BCUT2D eigenvalue weighted by atomic mass is 9.91. The second-order valence-corrected chi connectivity index (χ2v) is 5.41. The molecule has 3 heteroatoms. The third-order valence-corrected chi connectivity index (χ3v) is 3.82. The van der Waals surface area contributed by atoms with Crippen LogP contribution in [-0.4, -0.2) is 18.3 Å². The molecule has 0 saturated heterocycles. The molecule has 2 atom stereocenters. The maximum absolute atomic E-state index is 10.8. The quantitative estimate of drug-likeness (QED) is 0.884. The summed E-state index contributed by atoms with van der Waals surface area (Å²) in [5.41, 5.74) is 0.250. The van der Waals surface area contributed by atoms with Crippen molar-refractivity contribution in [2.45, 2.75) is 45.6 Å². The van der Waals surface area contributed by atoms with Crippen LogP contribution in [0.2, 0.25) is 0 Å². The Morgan fingerprint density at radius 3 is 2.47 bits per heavy atom. The van der Waals surface area contributed by atoms with E-state index in [1.807, 2.05) is 32.0 Å². The van der Waals surface area contributed by atoms with Crippen molar-refractivity contribution >= 4 is 0 Å². The number of aliphatic hydroxyl groups is 1. The average Bonchev–Trinajstić information content (AvgIpc) is 2.73. The summed E-state index contributed by atoms with van der Waals surface area (Å²) in [6.45, 7) is 7.31. The Morgan fingerprint density at radius 1 is 1.21 bits per heavy atom. The normalized spacial score (nSPS) is 26.4. The van der Waals surface area contributed by atoms with Gasteiger partial charge < -0.3 is 14.6 Å². The minimum absolute atomic E-state index is 0.576. The average molecular weight is 264 g/mol. The van der Waals surface area contributed by atoms with Crippen LogP contribution in [0.4, 0.5) is 0 Å². The second-order valence-electron chi connectivity index (χ2n) is 5.41. The highest BCUT2D eigenvalue weighted by molar-refractivity contribution is 5.45. The molecule has 19 heavy (non-hydrogen) atoms. The molecule has 1 fully saturated rings. The molecular weight excluding hydrogens is 240 g/mol. The Hall–Kier alpha value is -1.22. The first kappa shape index (κ1) is 14.2. The Bertz CT molecular complexity index is 430. The molecular formula is C16H24O3. The van der Waals surface area contributed by atoms with Crippen molar-refractivity contribution in [3.63, 3.8) is 0 Å². The fraction of sp³-hybridized carbons (Fsp3) is 0.625. The summed E-state index contributed by atoms with van der Waals surface area (Å²) < 4.78 is 11.2. The molecule has 0 heterocycles. The minimum Gasteiger partial charge on any atom is -0.490 e. The second kappa shape index (κ2) is 5.83. The first-order valence-electron chi connectivity index (χ1n) is 7.21. The van der Waals surface area contributed by atoms with E-state index in [1.165, 1.54) is 0 Å². The van der Waals surface area contributed by atoms with Gasteiger partial charge in [0.2, 0.25) is 0 Å². The van der Waals surface area contributed by atoms with E-state index < -0.39 is 5.60 Å². The third kappa shape index (κ3) is 3.03. The van der Waals surface area contributed by atoms with E-state index in [4.69, 9.17) is 9.47 Å². The van der Waals surface area contributed by atoms with Crippen LogP contribution in [0.5, 0.6) is 11.5 Å². The Kier molecular flexibility index (Phi) is 4.35. The smallest absolute Gasteiger partial charge is 0.161 e. The predicted molar refractivity (Wildman–Crippen MR) is 75.7 cm³/mol. The van der Waals surface area contributed by atoms with E-state index in [-0.39, 0.29) is 0 Å². The maximum Gasteiger partial charge on any atom is 0.161 e. The molecule has 1 aromatic rings. The lowest BCUT2D eigenvalue weighted by Gasteiger charge is -2.24. The van der Waals surface area contributed by atoms with Gasteiger partial charge in [0.1, 0.15) is 0 Å². The molecule has 2 rings (SSSR count). The molecule has 1 N–H and O–H groups in total. The van der Waals surface area contributed by atoms with Gasteiger partial charge in [0.15, 0.2) is 11.5 Å². The summed E-state index contributed by atoms with van der Waals surface area (Å²) in [5, 5.41) is 10.8. The lowest BCUT2D eigenvalue weighted by molar-refractivity contribution is 0.0404. The molecule has 0 aromatic heterocycles. The van der Waals surface area contributed by atoms with Gasteiger partial charge in [-0.25, -0.2) is 0 Å². The summed E-state index contributed by atoms with van der Waals surface area (Å²) >= 11 is 0. The highest BCUT2D eigenvalue weighted by Crippen LogP contribution is 2.44. The molecule has 2 unspecified atom stereocenters. The number of hydrogen-bond donors (Lipinski definition) is 1. The predicted octanol–water partition coefficient (Wildman–Crippen LogP) is 3.49. The summed E-state index contributed by atoms with van der Waals surface area (Å²) in [5.74, 6) is 2.06. The molecule has 0 aliphatic heterocycles. The van der Waals surface area contributed by atoms with Gasteiger partial charge in [-0.3, -0.25) is 0 Å². The van der Waals surface area contributed by atoms with Crippen molar-refractivity contribution < 1.29 is 14.6 Å². The molecule has 1 aliphatic rings. The summed E-state index contributed by atoms with van der Waals surface area (Å²) in [6.07, 6.45) is 2.73. The van der Waals surface area contributed by atoms with Crippen molar-refractivity contribution in [3.05, 3.63) is 23.8 Å². The summed E-state index contributed by atoms with van der Waals surface area (Å²) in [4.78, 5) is 0. The van der Waals surface area contributed by atoms with Crippen LogP contribution in [0.25, 0.3) is 0 Å². The first-order chi connectivity index (χ1) is 9.09. The van der Waals surface area contributed by atoms with Gasteiger partial charge in [0, 0.05) is 0 Å². The van der Waals surface area contributed by atoms with Crippen molar-refractivity contribution in [1.29, 1.82) is 0 Å². The molecule has 0 spiro atoms. The molecule has 1 saturated carbocycles. The van der Waals surface area contributed by atoms with E-state index in [2.05, 4.69) is 6.92 Å². The zero-order chi connectivity index (χ0) is 13.9. The van der Waals surface area contributed by atoms with Gasteiger partial charge in [-0.15, -0.1) is 0 Å². The van der Waals surface area contributed by atoms with Gasteiger partial charge in [-0.2, -0.15) is 0 Å². The molecule has 0 radical (unpaired) electrons. The van der Waals surface area contributed by atoms with Crippen LogP contribution in [0.1, 0.15) is 45.6 Å². The highest BCUT2D eigenvalue weighted by atomic mass is 16.5. The van der Waals surface area contributed by atoms with Crippen LogP contribution in [0, 0.1) is 5.92 Å². The van der Waals surface area contributed by atoms with Crippen molar-refractivity contribution in [2.24, 2.45) is 5.92 Å². The van der Waals surface area contributed by atoms with Gasteiger partial charge in [0.25, 0.3) is 0 Å². The number of hydrogen-bond acceptors (Lipinski definition) is 3. The topological polar surface area (TPSA) is 38.7 Å². The molecule has 0 amide bonds. The van der Waals surface area contributed by atoms with Crippen LogP contribution in [0.15, 0.2) is 18.2 Å². The Morgan fingerprint density at radius 2 is 1.89 bits per heavy atom. The third-order valence-electron chi connectivity index (χ3n) is 3.82. The van der Waals surface area contributed by atoms with E-state index in [9.17, 15) is 5.11 Å². The molecule has 0 bridgehead atoms. The fourth-order valence-corrected chi connectivity index (χ4v) is 2.87. The maximum atomic E-state index is 10.8. The molecule has 1 aromatic carbocycles. The van der Waals surface area contributed by atoms with Crippen LogP contribution in [0.3, 0.4) is 0 Å². The van der Waals surface area contributed by atoms with Crippen LogP contribution >= 0.6 is 0 Å². The van der Waals surface area contributed by atoms with E-state index in [1.54, 1.807) is 0 Å². The largest absolute Gasteiger partial charge is 0.490 e. The molecule has 3 nitrogen and oxygen atoms in total. The van der Waals surface area contributed by atoms with E-state index >= 15 is 0 Å². The van der Waals surface area contributed by atoms with Crippen molar-refractivity contribution in [3.8, 4) is 11.5 Å². The first-order valence-corrected chi connectivity index (χ1v) is 7.21. The van der Waals surface area contributed by atoms with Gasteiger partial charge in [0.05, 0.1) is 18.8 Å². The Labute approximate surface area is 115 Å². The number of rotatable bonds is 5. The Balaban J connectivity index is 2.29. The summed E-state index contributed by atoms with van der Waals surface area (Å²) in [7, 11) is 0. The van der Waals surface area contributed by atoms with Crippen LogP contribution < -0.4 is 9.47 Å². The van der Waals surface area contributed by atoms with Crippen molar-refractivity contribution in [1.82, 2.24) is 0 Å². The van der Waals surface area contributed by atoms with Crippen LogP contribution in [-0.2, 0) is 5.60 Å². The van der Waals surface area contributed by atoms with Gasteiger partial charge in [-0.1, -0.05) is 13.0 Å². The van der Waals surface area contributed by atoms with Gasteiger partial charge in [-0.05, 0) is 56.7 Å². The fourth-order valence-electron chi connectivity index (χ4n) is 2.87. The lowest BCUT2D eigenvalue weighted by Crippen LogP contribution is -2.21. The monoisotopic (exact) mass is 264 g/mol. The minimum atomic E-state index is -0.698. The number of ether oxygens (including phenoxy) is 2. The molecule has 106 valence electrons. The summed E-state index contributed by atoms with van der Waals surface area (Å²) in [6, 6.07) is 5.81. The molecule has 1 aliphatic carbocycles. The zero-order valence-corrected chi connectivity index (χ0v) is 12.1. The van der Waals surface area contributed by atoms with E-state index in [0.29, 0.717) is 19.1 Å². The SMILES string of the molecule is CCOc1ccc(C2(O)CCC(C)C2)cc1OCC. The zero-order valence-electron chi connectivity index (χ0n) is 12.1. The van der Waals surface area contributed by atoms with Gasteiger partial charge >= 0.3 is 0 Å². The standard InChI is InChI=1S/C16H24O3/c1-4-18-14-7-6-13(10-15(14)19-5-2)16(17)9-8-12(3)11-16/h6-7,10,12,17H,4-5,8-9,11H2,1-3H3. The highest BCUT2D eigenvalue weighted by Gasteiger charge is 2.37. The number of benzene rings is 1. The van der Waals surface area contributed by atoms with Crippen molar-refractivity contribution in [2.75, 3.05) is 13.2 Å².